The van der Waals surface area contributed by atoms with Gasteiger partial charge in [0.25, 0.3) is 0 Å². The third-order valence-electron chi connectivity index (χ3n) is 1.21. The van der Waals surface area contributed by atoms with Gasteiger partial charge in [0.05, 0.1) is 5.75 Å². The zero-order valence-corrected chi connectivity index (χ0v) is 8.96. The fraction of sp³-hybridized carbons (Fsp3) is 0.167. The van der Waals surface area contributed by atoms with Crippen LogP contribution in [0.4, 0.5) is 5.13 Å². The number of thiazole rings is 1. The molecule has 13 heavy (non-hydrogen) atoms. The summed E-state index contributed by atoms with van der Waals surface area (Å²) < 4.78 is 1.05. The lowest BCUT2D eigenvalue weighted by molar-refractivity contribution is 1.05. The predicted molar refractivity (Wildman–Crippen MR) is 56.0 cm³/mol. The van der Waals surface area contributed by atoms with Crippen LogP contribution < -0.4 is 5.73 Å². The molecule has 2 aromatic rings. The molecular weight excluding hydrogens is 224 g/mol. The first kappa shape index (κ1) is 8.92. The molecule has 68 valence electrons. The van der Waals surface area contributed by atoms with Crippen molar-refractivity contribution in [1.29, 1.82) is 0 Å². The van der Waals surface area contributed by atoms with E-state index in [9.17, 15) is 0 Å². The minimum absolute atomic E-state index is 0.523. The van der Waals surface area contributed by atoms with Gasteiger partial charge in [-0.15, -0.1) is 21.5 Å². The third-order valence-corrected chi connectivity index (χ3v) is 4.12. The molecule has 0 unspecified atom stereocenters. The van der Waals surface area contributed by atoms with Gasteiger partial charge in [0.2, 0.25) is 5.13 Å². The normalized spacial score (nSPS) is 10.5. The van der Waals surface area contributed by atoms with Crippen LogP contribution in [0.15, 0.2) is 15.9 Å². The molecule has 0 atom stereocenters. The Hall–Kier alpha value is -0.660. The summed E-state index contributed by atoms with van der Waals surface area (Å²) in [7, 11) is 0. The Kier molecular flexibility index (Phi) is 2.77. The Labute approximate surface area is 87.2 Å². The zero-order valence-electron chi connectivity index (χ0n) is 6.51. The minimum atomic E-state index is 0.523. The smallest absolute Gasteiger partial charge is 0.203 e. The maximum absolute atomic E-state index is 5.45. The van der Waals surface area contributed by atoms with Crippen molar-refractivity contribution in [1.82, 2.24) is 15.2 Å². The quantitative estimate of drug-likeness (QED) is 0.815. The lowest BCUT2D eigenvalue weighted by Gasteiger charge is -1.90. The van der Waals surface area contributed by atoms with E-state index in [2.05, 4.69) is 15.2 Å². The summed E-state index contributed by atoms with van der Waals surface area (Å²) in [4.78, 5) is 4.14. The van der Waals surface area contributed by atoms with E-state index in [1.54, 1.807) is 29.3 Å². The molecule has 2 rings (SSSR count). The van der Waals surface area contributed by atoms with Crippen molar-refractivity contribution in [2.75, 3.05) is 5.73 Å². The van der Waals surface area contributed by atoms with E-state index in [1.807, 2.05) is 5.38 Å². The highest BCUT2D eigenvalue weighted by molar-refractivity contribution is 8.00. The van der Waals surface area contributed by atoms with Gasteiger partial charge in [-0.3, -0.25) is 0 Å². The largest absolute Gasteiger partial charge is 0.374 e. The van der Waals surface area contributed by atoms with E-state index in [0.29, 0.717) is 5.13 Å². The van der Waals surface area contributed by atoms with E-state index in [4.69, 9.17) is 5.73 Å². The van der Waals surface area contributed by atoms with Crippen molar-refractivity contribution >= 4 is 39.6 Å². The fourth-order valence-corrected chi connectivity index (χ4v) is 2.96. The lowest BCUT2D eigenvalue weighted by Crippen LogP contribution is -1.80. The van der Waals surface area contributed by atoms with Gasteiger partial charge in [0.1, 0.15) is 9.35 Å². The Morgan fingerprint density at radius 2 is 2.38 bits per heavy atom. The van der Waals surface area contributed by atoms with E-state index in [0.717, 1.165) is 15.1 Å². The first-order valence-electron chi connectivity index (χ1n) is 3.45. The standard InChI is InChI=1S/C6H6N4S3/c7-5-10-9-4(13-5)3-12-6-8-1-2-11-6/h1-2H,3H2,(H2,7,10). The molecule has 0 spiro atoms. The van der Waals surface area contributed by atoms with Gasteiger partial charge in [0, 0.05) is 11.6 Å². The number of rotatable bonds is 3. The van der Waals surface area contributed by atoms with Crippen LogP contribution in [0, 0.1) is 0 Å². The molecule has 0 saturated heterocycles. The molecule has 0 radical (unpaired) electrons. The molecule has 0 fully saturated rings. The Bertz CT molecular complexity index is 369. The molecule has 2 heterocycles. The van der Waals surface area contributed by atoms with Crippen molar-refractivity contribution in [3.05, 3.63) is 16.6 Å². The van der Waals surface area contributed by atoms with Crippen molar-refractivity contribution in [2.24, 2.45) is 0 Å². The van der Waals surface area contributed by atoms with Crippen LogP contribution in [0.2, 0.25) is 0 Å². The Balaban J connectivity index is 1.93. The van der Waals surface area contributed by atoms with Gasteiger partial charge >= 0.3 is 0 Å². The van der Waals surface area contributed by atoms with E-state index < -0.39 is 0 Å². The van der Waals surface area contributed by atoms with E-state index in [1.165, 1.54) is 11.3 Å². The molecule has 0 amide bonds. The van der Waals surface area contributed by atoms with Crippen LogP contribution in [0.5, 0.6) is 0 Å². The fourth-order valence-electron chi connectivity index (χ4n) is 0.730. The van der Waals surface area contributed by atoms with Crippen LogP contribution in [-0.4, -0.2) is 15.2 Å². The number of nitrogens with two attached hydrogens (primary N) is 1. The maximum atomic E-state index is 5.45. The first-order valence-corrected chi connectivity index (χ1v) is 6.13. The van der Waals surface area contributed by atoms with Crippen LogP contribution in [-0.2, 0) is 5.75 Å². The van der Waals surface area contributed by atoms with E-state index in [-0.39, 0.29) is 0 Å². The molecule has 7 heteroatoms. The van der Waals surface area contributed by atoms with Crippen LogP contribution in [0.1, 0.15) is 5.01 Å². The molecule has 0 aliphatic rings. The van der Waals surface area contributed by atoms with E-state index >= 15 is 0 Å². The van der Waals surface area contributed by atoms with Crippen LogP contribution in [0.3, 0.4) is 0 Å². The topological polar surface area (TPSA) is 64.7 Å². The van der Waals surface area contributed by atoms with Gasteiger partial charge in [-0.2, -0.15) is 0 Å². The van der Waals surface area contributed by atoms with Crippen molar-refractivity contribution in [3.8, 4) is 0 Å². The number of nitrogens with zero attached hydrogens (tertiary/aromatic N) is 3. The number of hydrogen-bond donors (Lipinski definition) is 1. The average molecular weight is 230 g/mol. The van der Waals surface area contributed by atoms with Crippen molar-refractivity contribution in [2.45, 2.75) is 10.1 Å². The summed E-state index contributed by atoms with van der Waals surface area (Å²) in [5.74, 6) is 0.794. The molecule has 0 aliphatic carbocycles. The van der Waals surface area contributed by atoms with Gasteiger partial charge in [-0.1, -0.05) is 23.1 Å². The monoisotopic (exact) mass is 230 g/mol. The summed E-state index contributed by atoms with van der Waals surface area (Å²) in [6, 6.07) is 0. The highest BCUT2D eigenvalue weighted by Gasteiger charge is 2.02. The number of hydrogen-bond acceptors (Lipinski definition) is 7. The molecule has 2 aromatic heterocycles. The van der Waals surface area contributed by atoms with Gasteiger partial charge < -0.3 is 5.73 Å². The summed E-state index contributed by atoms with van der Waals surface area (Å²) in [5.41, 5.74) is 5.45. The second-order valence-electron chi connectivity index (χ2n) is 2.12. The maximum Gasteiger partial charge on any atom is 0.203 e. The molecule has 2 N–H and O–H groups in total. The summed E-state index contributed by atoms with van der Waals surface area (Å²) in [5, 5.41) is 11.1. The Morgan fingerprint density at radius 3 is 3.00 bits per heavy atom. The summed E-state index contributed by atoms with van der Waals surface area (Å²) in [6.07, 6.45) is 1.79. The second-order valence-corrected chi connectivity index (χ2v) is 5.33. The van der Waals surface area contributed by atoms with Crippen LogP contribution >= 0.6 is 34.4 Å². The SMILES string of the molecule is Nc1nnc(CSc2nccs2)s1. The highest BCUT2D eigenvalue weighted by atomic mass is 32.2. The van der Waals surface area contributed by atoms with Crippen molar-refractivity contribution < 1.29 is 0 Å². The highest BCUT2D eigenvalue weighted by Crippen LogP contribution is 2.25. The van der Waals surface area contributed by atoms with Crippen molar-refractivity contribution in [3.63, 3.8) is 0 Å². The molecule has 0 saturated carbocycles. The third kappa shape index (κ3) is 2.39. The molecule has 0 aromatic carbocycles. The summed E-state index contributed by atoms with van der Waals surface area (Å²) >= 11 is 4.70. The molecule has 0 bridgehead atoms. The minimum Gasteiger partial charge on any atom is -0.374 e. The van der Waals surface area contributed by atoms with Gasteiger partial charge in [0.15, 0.2) is 0 Å². The lowest BCUT2D eigenvalue weighted by atomic mass is 10.9. The van der Waals surface area contributed by atoms with Crippen LogP contribution in [0.25, 0.3) is 0 Å². The average Bonchev–Trinajstić information content (AvgIpc) is 2.71. The first-order chi connectivity index (χ1) is 6.34. The summed E-state index contributed by atoms with van der Waals surface area (Å²) in [6.45, 7) is 0. The molecular formula is C6H6N4S3. The molecule has 4 nitrogen and oxygen atoms in total. The van der Waals surface area contributed by atoms with Gasteiger partial charge in [-0.25, -0.2) is 4.98 Å². The second kappa shape index (κ2) is 4.03. The van der Waals surface area contributed by atoms with Gasteiger partial charge in [-0.05, 0) is 0 Å². The predicted octanol–water partition coefficient (Wildman–Crippen LogP) is 1.87. The number of thioether (sulfide) groups is 1. The Morgan fingerprint density at radius 1 is 1.46 bits per heavy atom. The molecule has 0 aliphatic heterocycles. The number of aromatic nitrogens is 3. The zero-order chi connectivity index (χ0) is 9.10. The number of anilines is 1. The number of nitrogen functional groups attached to an aromatic ring is 1.